The molecule has 1 atom stereocenters. The van der Waals surface area contributed by atoms with Gasteiger partial charge in [-0.1, -0.05) is 24.8 Å². The van der Waals surface area contributed by atoms with Crippen LogP contribution < -0.4 is 5.73 Å². The van der Waals surface area contributed by atoms with Crippen LogP contribution in [0.2, 0.25) is 0 Å². The van der Waals surface area contributed by atoms with E-state index in [1.54, 1.807) is 30.6 Å². The Labute approximate surface area is 224 Å². The second-order valence-corrected chi connectivity index (χ2v) is 9.72. The fraction of sp³-hybridized carbons (Fsp3) is 0.156. The highest BCUT2D eigenvalue weighted by Gasteiger charge is 2.25. The smallest absolute Gasteiger partial charge is 0.137 e. The van der Waals surface area contributed by atoms with E-state index in [0.717, 1.165) is 33.9 Å². The number of halogens is 3. The number of pyridine rings is 2. The van der Waals surface area contributed by atoms with Gasteiger partial charge in [-0.15, -0.1) is 0 Å². The van der Waals surface area contributed by atoms with Crippen LogP contribution in [0.3, 0.4) is 0 Å². The number of hydrogen-bond acceptors (Lipinski definition) is 4. The van der Waals surface area contributed by atoms with E-state index in [4.69, 9.17) is 5.73 Å². The van der Waals surface area contributed by atoms with Crippen LogP contribution in [-0.4, -0.2) is 15.8 Å². The molecule has 0 spiro atoms. The molecule has 0 saturated carbocycles. The average Bonchev–Trinajstić information content (AvgIpc) is 3.29. The quantitative estimate of drug-likeness (QED) is 0.261. The molecule has 0 aliphatic heterocycles. The number of aromatic nitrogens is 2. The van der Waals surface area contributed by atoms with E-state index in [0.29, 0.717) is 29.1 Å². The molecule has 2 aromatic heterocycles. The Morgan fingerprint density at radius 2 is 1.72 bits per heavy atom. The highest BCUT2D eigenvalue weighted by atomic mass is 19.1. The molecule has 0 amide bonds. The molecule has 0 unspecified atom stereocenters. The summed E-state index contributed by atoms with van der Waals surface area (Å²) in [7, 11) is 0. The number of nitrogens with two attached hydrogens (primary N) is 1. The van der Waals surface area contributed by atoms with Crippen LogP contribution in [0.5, 0.6) is 0 Å². The fourth-order valence-corrected chi connectivity index (χ4v) is 5.13. The lowest BCUT2D eigenvalue weighted by atomic mass is 9.85. The summed E-state index contributed by atoms with van der Waals surface area (Å²) in [5.74, 6) is -2.29. The topological polar surface area (TPSA) is 68.9 Å². The van der Waals surface area contributed by atoms with Gasteiger partial charge in [0.1, 0.15) is 23.2 Å². The van der Waals surface area contributed by atoms with E-state index in [1.807, 2.05) is 18.2 Å². The lowest BCUT2D eigenvalue weighted by molar-refractivity contribution is -0.118. The number of rotatable bonds is 9. The Morgan fingerprint density at radius 1 is 0.923 bits per heavy atom. The highest BCUT2D eigenvalue weighted by molar-refractivity contribution is 5.92. The zero-order valence-electron chi connectivity index (χ0n) is 21.1. The predicted octanol–water partition coefficient (Wildman–Crippen LogP) is 6.81. The molecule has 4 nitrogen and oxygen atoms in total. The van der Waals surface area contributed by atoms with E-state index in [9.17, 15) is 18.0 Å². The molecule has 1 aliphatic carbocycles. The van der Waals surface area contributed by atoms with Gasteiger partial charge in [-0.05, 0) is 83.1 Å². The number of ketones is 1. The molecular formula is C32H26F3N3O. The van der Waals surface area contributed by atoms with Gasteiger partial charge in [0.15, 0.2) is 0 Å². The van der Waals surface area contributed by atoms with Crippen molar-refractivity contribution in [2.24, 2.45) is 5.73 Å². The van der Waals surface area contributed by atoms with Crippen molar-refractivity contribution in [3.05, 3.63) is 131 Å². The van der Waals surface area contributed by atoms with Crippen molar-refractivity contribution in [3.8, 4) is 11.1 Å². The Morgan fingerprint density at radius 3 is 2.49 bits per heavy atom. The summed E-state index contributed by atoms with van der Waals surface area (Å²) in [6, 6.07) is 15.2. The number of carbonyl (C=O) groups excluding carboxylic acids is 1. The van der Waals surface area contributed by atoms with Gasteiger partial charge >= 0.3 is 0 Å². The molecule has 1 aliphatic rings. The summed E-state index contributed by atoms with van der Waals surface area (Å²) in [4.78, 5) is 22.3. The van der Waals surface area contributed by atoms with E-state index in [2.05, 4.69) is 16.5 Å². The van der Waals surface area contributed by atoms with Crippen molar-refractivity contribution in [3.63, 3.8) is 0 Å². The molecule has 7 heteroatoms. The molecule has 2 heterocycles. The lowest BCUT2D eigenvalue weighted by Gasteiger charge is -2.20. The number of benzene rings is 2. The first-order valence-electron chi connectivity index (χ1n) is 12.6. The minimum Gasteiger partial charge on any atom is -0.397 e. The summed E-state index contributed by atoms with van der Waals surface area (Å²) in [5.41, 5.74) is 11.8. The summed E-state index contributed by atoms with van der Waals surface area (Å²) in [6.45, 7) is 3.75. The first kappa shape index (κ1) is 26.1. The van der Waals surface area contributed by atoms with Gasteiger partial charge in [-0.2, -0.15) is 0 Å². The zero-order valence-corrected chi connectivity index (χ0v) is 21.1. The zero-order chi connectivity index (χ0) is 27.5. The van der Waals surface area contributed by atoms with Crippen molar-refractivity contribution >= 4 is 17.1 Å². The largest absolute Gasteiger partial charge is 0.397 e. The van der Waals surface area contributed by atoms with Gasteiger partial charge in [0.25, 0.3) is 0 Å². The molecule has 0 radical (unpaired) electrons. The number of fused-ring (bicyclic) bond motifs is 1. The maximum atomic E-state index is 14.1. The molecule has 0 saturated heterocycles. The highest BCUT2D eigenvalue weighted by Crippen LogP contribution is 2.35. The molecule has 5 rings (SSSR count). The Hall–Kier alpha value is -4.52. The van der Waals surface area contributed by atoms with Crippen LogP contribution in [0.4, 0.5) is 13.2 Å². The third kappa shape index (κ3) is 5.98. The minimum atomic E-state index is -0.689. The van der Waals surface area contributed by atoms with Crippen LogP contribution in [0.1, 0.15) is 46.8 Å². The standard InChI is InChI=1S/C32H26F3N3O/c1-19(36)31-16-23(8-10-37-31)29-3-2-9-38-32(29)24(11-20-12-26(34)17-27(35)13-20)15-28(39)14-22-5-4-21-6-7-25(33)18-30(21)22/h2-3,5-10,12-13,16-18,24H,1,4,11,14-15,36H2/t24-/m1/s1. The SMILES string of the molecule is C=C(N)c1cc(-c2cccnc2[C@@H](CC(=O)CC2=CCc3ccc(F)cc32)Cc2cc(F)cc(F)c2)ccn1. The summed E-state index contributed by atoms with van der Waals surface area (Å²) in [6.07, 6.45) is 6.23. The fourth-order valence-electron chi connectivity index (χ4n) is 5.13. The maximum Gasteiger partial charge on any atom is 0.137 e. The molecule has 0 fully saturated rings. The van der Waals surface area contributed by atoms with E-state index >= 15 is 0 Å². The van der Waals surface area contributed by atoms with Crippen LogP contribution in [0, 0.1) is 17.5 Å². The molecule has 0 bridgehead atoms. The predicted molar refractivity (Wildman–Crippen MR) is 146 cm³/mol. The average molecular weight is 526 g/mol. The van der Waals surface area contributed by atoms with Gasteiger partial charge in [0.2, 0.25) is 0 Å². The molecule has 196 valence electrons. The van der Waals surface area contributed by atoms with Gasteiger partial charge < -0.3 is 5.73 Å². The number of carbonyl (C=O) groups is 1. The normalized spacial score (nSPS) is 13.1. The second kappa shape index (κ2) is 11.1. The molecular weight excluding hydrogens is 499 g/mol. The van der Waals surface area contributed by atoms with Crippen molar-refractivity contribution in [2.75, 3.05) is 0 Å². The van der Waals surface area contributed by atoms with Gasteiger partial charge in [0, 0.05) is 42.8 Å². The van der Waals surface area contributed by atoms with Crippen LogP contribution in [0.25, 0.3) is 22.4 Å². The molecule has 39 heavy (non-hydrogen) atoms. The molecule has 2 aromatic carbocycles. The summed E-state index contributed by atoms with van der Waals surface area (Å²) >= 11 is 0. The number of nitrogens with zero attached hydrogens (tertiary/aromatic N) is 2. The van der Waals surface area contributed by atoms with E-state index in [-0.39, 0.29) is 30.9 Å². The van der Waals surface area contributed by atoms with Crippen molar-refractivity contribution in [1.29, 1.82) is 0 Å². The van der Waals surface area contributed by atoms with Gasteiger partial charge in [-0.3, -0.25) is 14.8 Å². The lowest BCUT2D eigenvalue weighted by Crippen LogP contribution is -2.13. The van der Waals surface area contributed by atoms with Crippen LogP contribution >= 0.6 is 0 Å². The minimum absolute atomic E-state index is 0.0751. The third-order valence-electron chi connectivity index (χ3n) is 6.88. The molecule has 4 aromatic rings. The Bertz CT molecular complexity index is 1590. The third-order valence-corrected chi connectivity index (χ3v) is 6.88. The Balaban J connectivity index is 1.49. The van der Waals surface area contributed by atoms with Crippen molar-refractivity contribution < 1.29 is 18.0 Å². The number of allylic oxidation sites excluding steroid dienone is 2. The van der Waals surface area contributed by atoms with E-state index in [1.165, 1.54) is 24.3 Å². The number of Topliss-reactive ketones (excluding diaryl/α,β-unsaturated/α-hetero) is 1. The van der Waals surface area contributed by atoms with Crippen LogP contribution in [-0.2, 0) is 17.6 Å². The summed E-state index contributed by atoms with van der Waals surface area (Å²) < 4.78 is 42.0. The molecule has 2 N–H and O–H groups in total. The first-order valence-corrected chi connectivity index (χ1v) is 12.6. The monoisotopic (exact) mass is 525 g/mol. The Kier molecular flexibility index (Phi) is 7.41. The van der Waals surface area contributed by atoms with Crippen LogP contribution in [0.15, 0.2) is 85.7 Å². The number of hydrogen-bond donors (Lipinski definition) is 1. The van der Waals surface area contributed by atoms with Gasteiger partial charge in [-0.25, -0.2) is 13.2 Å². The maximum absolute atomic E-state index is 14.1. The first-order chi connectivity index (χ1) is 18.8. The summed E-state index contributed by atoms with van der Waals surface area (Å²) in [5, 5.41) is 0. The van der Waals surface area contributed by atoms with E-state index < -0.39 is 17.6 Å². The van der Waals surface area contributed by atoms with Crippen molar-refractivity contribution in [2.45, 2.75) is 31.6 Å². The van der Waals surface area contributed by atoms with Crippen molar-refractivity contribution in [1.82, 2.24) is 9.97 Å². The second-order valence-electron chi connectivity index (χ2n) is 9.72. The van der Waals surface area contributed by atoms with Gasteiger partial charge in [0.05, 0.1) is 17.1 Å².